The predicted molar refractivity (Wildman–Crippen MR) is 75.9 cm³/mol. The van der Waals surface area contributed by atoms with Crippen LogP contribution >= 0.6 is 0 Å². The van der Waals surface area contributed by atoms with Crippen molar-refractivity contribution in [3.05, 3.63) is 59.1 Å². The Morgan fingerprint density at radius 3 is 2.85 bits per heavy atom. The van der Waals surface area contributed by atoms with Crippen molar-refractivity contribution in [2.45, 2.75) is 26.2 Å². The standard InChI is InChI=1S/C17H18O3/c1-2-19-15-11-16(14-10-6-9-13(14)15)20-17(18)12-7-4-3-5-8-12/h3-5,7-8,11,13H,2,6,9-10H2,1H3/t13-/m0/s1. The number of hydrogen-bond donors (Lipinski definition) is 0. The molecule has 1 atom stereocenters. The topological polar surface area (TPSA) is 35.5 Å². The van der Waals surface area contributed by atoms with Gasteiger partial charge in [0.05, 0.1) is 12.2 Å². The molecule has 0 radical (unpaired) electrons. The Kier molecular flexibility index (Phi) is 3.59. The van der Waals surface area contributed by atoms with Crippen LogP contribution in [0, 0.1) is 5.92 Å². The number of benzene rings is 1. The van der Waals surface area contributed by atoms with Gasteiger partial charge in [-0.1, -0.05) is 18.2 Å². The zero-order valence-electron chi connectivity index (χ0n) is 11.6. The maximum absolute atomic E-state index is 12.1. The molecule has 104 valence electrons. The molecule has 3 heteroatoms. The minimum atomic E-state index is -0.298. The van der Waals surface area contributed by atoms with Crippen molar-refractivity contribution in [2.75, 3.05) is 6.61 Å². The highest BCUT2D eigenvalue weighted by molar-refractivity contribution is 5.90. The Bertz CT molecular complexity index is 569. The SMILES string of the molecule is CCOC1=CC(OC(=O)c2ccccc2)=C2CCC[C@H]12. The minimum absolute atomic E-state index is 0.298. The largest absolute Gasteiger partial charge is 0.497 e. The number of carbonyl (C=O) groups is 1. The Labute approximate surface area is 118 Å². The van der Waals surface area contributed by atoms with Gasteiger partial charge >= 0.3 is 5.97 Å². The Morgan fingerprint density at radius 2 is 2.10 bits per heavy atom. The van der Waals surface area contributed by atoms with Gasteiger partial charge in [0, 0.05) is 12.0 Å². The van der Waals surface area contributed by atoms with E-state index in [1.807, 2.05) is 31.2 Å². The van der Waals surface area contributed by atoms with Gasteiger partial charge < -0.3 is 9.47 Å². The molecule has 0 aromatic heterocycles. The first-order valence-electron chi connectivity index (χ1n) is 7.14. The second kappa shape index (κ2) is 5.53. The summed E-state index contributed by atoms with van der Waals surface area (Å²) in [6.45, 7) is 2.62. The smallest absolute Gasteiger partial charge is 0.343 e. The quantitative estimate of drug-likeness (QED) is 0.780. The maximum atomic E-state index is 12.1. The molecule has 20 heavy (non-hydrogen) atoms. The van der Waals surface area contributed by atoms with Crippen LogP contribution < -0.4 is 0 Å². The second-order valence-electron chi connectivity index (χ2n) is 5.07. The number of hydrogen-bond acceptors (Lipinski definition) is 3. The van der Waals surface area contributed by atoms with E-state index >= 15 is 0 Å². The van der Waals surface area contributed by atoms with Crippen LogP contribution in [-0.2, 0) is 9.47 Å². The van der Waals surface area contributed by atoms with Gasteiger partial charge in [-0.3, -0.25) is 0 Å². The van der Waals surface area contributed by atoms with Crippen LogP contribution in [0.15, 0.2) is 53.5 Å². The van der Waals surface area contributed by atoms with E-state index in [4.69, 9.17) is 9.47 Å². The lowest BCUT2D eigenvalue weighted by Crippen LogP contribution is -2.05. The van der Waals surface area contributed by atoms with Gasteiger partial charge in [0.1, 0.15) is 11.5 Å². The molecule has 0 spiro atoms. The number of allylic oxidation sites excluding steroid dienone is 2. The average Bonchev–Trinajstić information content (AvgIpc) is 3.06. The molecule has 1 fully saturated rings. The molecule has 1 saturated carbocycles. The van der Waals surface area contributed by atoms with Crippen LogP contribution in [0.3, 0.4) is 0 Å². The molecule has 0 amide bonds. The zero-order valence-corrected chi connectivity index (χ0v) is 11.6. The summed E-state index contributed by atoms with van der Waals surface area (Å²) >= 11 is 0. The summed E-state index contributed by atoms with van der Waals surface area (Å²) in [7, 11) is 0. The Balaban J connectivity index is 1.79. The van der Waals surface area contributed by atoms with Crippen molar-refractivity contribution in [1.82, 2.24) is 0 Å². The van der Waals surface area contributed by atoms with Gasteiger partial charge in [0.25, 0.3) is 0 Å². The Morgan fingerprint density at radius 1 is 1.30 bits per heavy atom. The molecule has 2 aliphatic carbocycles. The second-order valence-corrected chi connectivity index (χ2v) is 5.07. The number of ether oxygens (including phenoxy) is 2. The molecule has 1 aromatic carbocycles. The van der Waals surface area contributed by atoms with Gasteiger partial charge in [-0.05, 0) is 43.9 Å². The molecular formula is C17H18O3. The number of carbonyl (C=O) groups excluding carboxylic acids is 1. The van der Waals surface area contributed by atoms with Gasteiger partial charge in [0.2, 0.25) is 0 Å². The molecular weight excluding hydrogens is 252 g/mol. The van der Waals surface area contributed by atoms with E-state index in [0.29, 0.717) is 23.8 Å². The molecule has 0 bridgehead atoms. The highest BCUT2D eigenvalue weighted by Crippen LogP contribution is 2.44. The summed E-state index contributed by atoms with van der Waals surface area (Å²) < 4.78 is 11.2. The van der Waals surface area contributed by atoms with Gasteiger partial charge in [-0.25, -0.2) is 4.79 Å². The lowest BCUT2D eigenvalue weighted by molar-refractivity contribution is 0.0634. The van der Waals surface area contributed by atoms with Crippen LogP contribution in [0.1, 0.15) is 36.5 Å². The van der Waals surface area contributed by atoms with Gasteiger partial charge in [-0.15, -0.1) is 0 Å². The molecule has 0 unspecified atom stereocenters. The van der Waals surface area contributed by atoms with E-state index in [2.05, 4.69) is 0 Å². The highest BCUT2D eigenvalue weighted by atomic mass is 16.5. The average molecular weight is 270 g/mol. The van der Waals surface area contributed by atoms with Crippen molar-refractivity contribution in [3.8, 4) is 0 Å². The maximum Gasteiger partial charge on any atom is 0.343 e. The summed E-state index contributed by atoms with van der Waals surface area (Å²) in [5, 5.41) is 0. The lowest BCUT2D eigenvalue weighted by Gasteiger charge is -2.11. The van der Waals surface area contributed by atoms with Crippen LogP contribution in [0.4, 0.5) is 0 Å². The highest BCUT2D eigenvalue weighted by Gasteiger charge is 2.34. The number of fused-ring (bicyclic) bond motifs is 1. The third-order valence-electron chi connectivity index (χ3n) is 3.82. The van der Waals surface area contributed by atoms with E-state index in [0.717, 1.165) is 25.0 Å². The molecule has 0 heterocycles. The van der Waals surface area contributed by atoms with E-state index < -0.39 is 0 Å². The van der Waals surface area contributed by atoms with E-state index in [-0.39, 0.29) is 5.97 Å². The predicted octanol–water partition coefficient (Wildman–Crippen LogP) is 3.83. The zero-order chi connectivity index (χ0) is 13.9. The first-order chi connectivity index (χ1) is 9.79. The number of rotatable bonds is 4. The molecule has 0 aliphatic heterocycles. The van der Waals surface area contributed by atoms with Crippen molar-refractivity contribution in [3.63, 3.8) is 0 Å². The fraction of sp³-hybridized carbons (Fsp3) is 0.353. The lowest BCUT2D eigenvalue weighted by atomic mass is 10.1. The normalized spacial score (nSPS) is 20.6. The van der Waals surface area contributed by atoms with Crippen molar-refractivity contribution < 1.29 is 14.3 Å². The van der Waals surface area contributed by atoms with Crippen LogP contribution in [0.2, 0.25) is 0 Å². The summed E-state index contributed by atoms with van der Waals surface area (Å²) in [4.78, 5) is 12.1. The fourth-order valence-electron chi connectivity index (χ4n) is 2.91. The van der Waals surface area contributed by atoms with Gasteiger partial charge in [-0.2, -0.15) is 0 Å². The summed E-state index contributed by atoms with van der Waals surface area (Å²) in [6, 6.07) is 9.09. The first-order valence-corrected chi connectivity index (χ1v) is 7.14. The third kappa shape index (κ3) is 2.36. The Hall–Kier alpha value is -2.03. The fourth-order valence-corrected chi connectivity index (χ4v) is 2.91. The van der Waals surface area contributed by atoms with E-state index in [1.54, 1.807) is 12.1 Å². The van der Waals surface area contributed by atoms with Crippen LogP contribution in [0.5, 0.6) is 0 Å². The van der Waals surface area contributed by atoms with E-state index in [1.165, 1.54) is 5.57 Å². The number of esters is 1. The summed E-state index contributed by atoms with van der Waals surface area (Å²) in [5.74, 6) is 1.68. The van der Waals surface area contributed by atoms with Crippen molar-refractivity contribution in [2.24, 2.45) is 5.92 Å². The van der Waals surface area contributed by atoms with Crippen LogP contribution in [0.25, 0.3) is 0 Å². The third-order valence-corrected chi connectivity index (χ3v) is 3.82. The summed E-state index contributed by atoms with van der Waals surface area (Å²) in [5.41, 5.74) is 1.80. The molecule has 3 rings (SSSR count). The minimum Gasteiger partial charge on any atom is -0.497 e. The van der Waals surface area contributed by atoms with Crippen molar-refractivity contribution in [1.29, 1.82) is 0 Å². The molecule has 3 nitrogen and oxygen atoms in total. The summed E-state index contributed by atoms with van der Waals surface area (Å²) in [6.07, 6.45) is 5.11. The molecule has 2 aliphatic rings. The molecule has 0 saturated heterocycles. The van der Waals surface area contributed by atoms with Crippen molar-refractivity contribution >= 4 is 5.97 Å². The van der Waals surface area contributed by atoms with Gasteiger partial charge in [0.15, 0.2) is 0 Å². The molecule has 1 aromatic rings. The van der Waals surface area contributed by atoms with E-state index in [9.17, 15) is 4.79 Å². The first kappa shape index (κ1) is 13.0. The molecule has 0 N–H and O–H groups in total. The van der Waals surface area contributed by atoms with Crippen LogP contribution in [-0.4, -0.2) is 12.6 Å². The monoisotopic (exact) mass is 270 g/mol.